The van der Waals surface area contributed by atoms with E-state index in [0.717, 1.165) is 50.5 Å². The Labute approximate surface area is 448 Å². The summed E-state index contributed by atoms with van der Waals surface area (Å²) in [5.41, 5.74) is 20.4. The summed E-state index contributed by atoms with van der Waals surface area (Å²) in [6.07, 6.45) is 57.8. The molecule has 2 aromatic rings. The molecule has 0 unspecified atom stereocenters. The van der Waals surface area contributed by atoms with Crippen LogP contribution in [-0.4, -0.2) is 10.7 Å². The fourth-order valence-electron chi connectivity index (χ4n) is 9.21. The third-order valence-electron chi connectivity index (χ3n) is 13.5. The molecule has 2 nitrogen and oxygen atoms in total. The van der Waals surface area contributed by atoms with Crippen LogP contribution in [0.25, 0.3) is 11.1 Å². The Balaban J connectivity index is 0. The largest absolute Gasteiger partial charge is 2.00 e. The van der Waals surface area contributed by atoms with E-state index in [1.165, 1.54) is 251 Å². The zero-order valence-electron chi connectivity index (χ0n) is 47.6. The van der Waals surface area contributed by atoms with Gasteiger partial charge in [-0.15, -0.1) is 4.79 Å². The topological polar surface area (TPSA) is 36.4 Å². The van der Waals surface area contributed by atoms with Crippen molar-refractivity contribution in [1.82, 2.24) is 0 Å². The summed E-state index contributed by atoms with van der Waals surface area (Å²) >= 11 is 0. The maximum atomic E-state index is 9.66. The standard InChI is InChI=1S/C53H84N2.2C7H15.Ni/c1-6-11-16-19-20-21-22-23-24-25-26-27-32-37-50(38-39-55-54)53(51-42-46(33-28-14-9-4)40-47(43-51)34-29-15-10-5)52-44-48(35-30-17-12-7-2)41-49(45-52)36-31-18-13-8-3;2*1-3-5-7-6-4-2;/h32,37-38,40-45H,6-31,33-36H2,1-5H3;2*1,3-7H2,2H3;/q;2*-1;+2. The minimum atomic E-state index is 0. The summed E-state index contributed by atoms with van der Waals surface area (Å²) < 4.78 is 0. The van der Waals surface area contributed by atoms with Gasteiger partial charge in [-0.1, -0.05) is 277 Å². The molecule has 0 bridgehead atoms. The molecule has 2 aromatic carbocycles. The monoisotopic (exact) mass is 1000 g/mol. The molecule has 402 valence electrons. The van der Waals surface area contributed by atoms with E-state index in [1.807, 2.05) is 6.08 Å². The first-order valence-electron chi connectivity index (χ1n) is 30.1. The van der Waals surface area contributed by atoms with Crippen molar-refractivity contribution < 1.29 is 21.3 Å². The molecule has 0 spiro atoms. The van der Waals surface area contributed by atoms with Gasteiger partial charge in [-0.2, -0.15) is 12.8 Å². The van der Waals surface area contributed by atoms with E-state index in [2.05, 4.69) is 122 Å². The van der Waals surface area contributed by atoms with Crippen molar-refractivity contribution in [3.8, 4) is 0 Å². The number of hydrogen-bond acceptors (Lipinski definition) is 0. The van der Waals surface area contributed by atoms with Crippen LogP contribution in [-0.2, 0) is 42.2 Å². The predicted octanol–water partition coefficient (Wildman–Crippen LogP) is 22.5. The summed E-state index contributed by atoms with van der Waals surface area (Å²) in [7, 11) is 0. The van der Waals surface area contributed by atoms with Crippen molar-refractivity contribution >= 4 is 11.4 Å². The Kier molecular flexibility index (Phi) is 54.1. The molecule has 0 aliphatic heterocycles. The predicted molar refractivity (Wildman–Crippen MR) is 313 cm³/mol. The van der Waals surface area contributed by atoms with Crippen molar-refractivity contribution in [2.75, 3.05) is 0 Å². The van der Waals surface area contributed by atoms with Crippen LogP contribution in [0.3, 0.4) is 0 Å². The van der Waals surface area contributed by atoms with Crippen LogP contribution in [0.1, 0.15) is 313 Å². The van der Waals surface area contributed by atoms with Gasteiger partial charge in [0, 0.05) is 0 Å². The smallest absolute Gasteiger partial charge is 0.348 e. The van der Waals surface area contributed by atoms with E-state index in [1.54, 1.807) is 0 Å². The number of allylic oxidation sites excluding steroid dienone is 4. The second-order valence-electron chi connectivity index (χ2n) is 20.4. The quantitative estimate of drug-likeness (QED) is 0.0121. The fourth-order valence-corrected chi connectivity index (χ4v) is 9.21. The molecule has 0 aliphatic carbocycles. The molecule has 0 aromatic heterocycles. The van der Waals surface area contributed by atoms with Crippen LogP contribution < -0.4 is 0 Å². The second-order valence-corrected chi connectivity index (χ2v) is 20.4. The molecule has 0 saturated carbocycles. The van der Waals surface area contributed by atoms with Gasteiger partial charge < -0.3 is 19.4 Å². The zero-order chi connectivity index (χ0) is 50.7. The van der Waals surface area contributed by atoms with E-state index in [0.29, 0.717) is 0 Å². The summed E-state index contributed by atoms with van der Waals surface area (Å²) in [5, 5.41) is 0. The Hall–Kier alpha value is -2.43. The van der Waals surface area contributed by atoms with Gasteiger partial charge in [0.05, 0.1) is 6.08 Å². The minimum absolute atomic E-state index is 0. The van der Waals surface area contributed by atoms with Crippen molar-refractivity contribution in [3.05, 3.63) is 113 Å². The Morgan fingerprint density at radius 1 is 0.414 bits per heavy atom. The van der Waals surface area contributed by atoms with E-state index in [4.69, 9.17) is 0 Å². The van der Waals surface area contributed by atoms with Gasteiger partial charge in [0.2, 0.25) is 0 Å². The molecule has 70 heavy (non-hydrogen) atoms. The number of hydrogen-bond donors (Lipinski definition) is 0. The molecule has 0 N–H and O–H groups in total. The molecule has 2 rings (SSSR count). The third-order valence-corrected chi connectivity index (χ3v) is 13.5. The summed E-state index contributed by atoms with van der Waals surface area (Å²) in [4.78, 5) is 3.37. The first-order valence-corrected chi connectivity index (χ1v) is 30.1. The van der Waals surface area contributed by atoms with Gasteiger partial charge in [0.15, 0.2) is 0 Å². The third kappa shape index (κ3) is 40.1. The molecule has 0 atom stereocenters. The van der Waals surface area contributed by atoms with Crippen LogP contribution in [0.5, 0.6) is 0 Å². The molecular weight excluding hydrogens is 891 g/mol. The van der Waals surface area contributed by atoms with E-state index < -0.39 is 0 Å². The van der Waals surface area contributed by atoms with Crippen LogP contribution in [0.15, 0.2) is 60.2 Å². The molecule has 3 heteroatoms. The first kappa shape index (κ1) is 69.7. The second kappa shape index (κ2) is 54.4. The van der Waals surface area contributed by atoms with Gasteiger partial charge in [-0.25, -0.2) is 0 Å². The number of nitrogens with zero attached hydrogens (tertiary/aromatic N) is 2. The van der Waals surface area contributed by atoms with Crippen LogP contribution in [0, 0.1) is 13.8 Å². The van der Waals surface area contributed by atoms with E-state index in [-0.39, 0.29) is 16.5 Å². The maximum absolute atomic E-state index is 9.66. The first-order chi connectivity index (χ1) is 33.9. The van der Waals surface area contributed by atoms with Crippen LogP contribution in [0.4, 0.5) is 0 Å². The Morgan fingerprint density at radius 2 is 0.700 bits per heavy atom. The fraction of sp³-hybridized carbons (Fsp3) is 0.701. The SMILES string of the molecule is CCCCCCCCCCCCCC=CC(C=C=[N+]=[N-])=C(c1cc(CCCCC)cc(CCCCC)c1)c1cc(CCCCCC)cc(CCCCCC)c1.[CH2-]CCCCCC.[CH2-]CCCCCC.[Ni+2]. The van der Waals surface area contributed by atoms with Crippen LogP contribution >= 0.6 is 0 Å². The van der Waals surface area contributed by atoms with Crippen molar-refractivity contribution in [2.24, 2.45) is 0 Å². The molecule has 0 amide bonds. The van der Waals surface area contributed by atoms with E-state index in [9.17, 15) is 5.53 Å². The minimum Gasteiger partial charge on any atom is -0.348 e. The molecule has 0 aliphatic rings. The van der Waals surface area contributed by atoms with Crippen molar-refractivity contribution in [3.63, 3.8) is 0 Å². The summed E-state index contributed by atoms with van der Waals surface area (Å²) in [6, 6.07) is 14.9. The molecule has 0 saturated heterocycles. The number of rotatable bonds is 42. The molecule has 0 fully saturated rings. The molecule has 0 heterocycles. The number of aryl methyl sites for hydroxylation is 4. The van der Waals surface area contributed by atoms with Crippen molar-refractivity contribution in [1.29, 1.82) is 0 Å². The Bertz CT molecular complexity index is 1510. The van der Waals surface area contributed by atoms with E-state index >= 15 is 0 Å². The average Bonchev–Trinajstić information content (AvgIpc) is 3.35. The number of unbranched alkanes of at least 4 members (excludes halogenated alkanes) is 29. The Morgan fingerprint density at radius 3 is 1.03 bits per heavy atom. The summed E-state index contributed by atoms with van der Waals surface area (Å²) in [6.45, 7) is 23.5. The average molecular weight is 1010 g/mol. The number of benzene rings is 2. The van der Waals surface area contributed by atoms with Gasteiger partial charge >= 0.3 is 16.5 Å². The summed E-state index contributed by atoms with van der Waals surface area (Å²) in [5.74, 6) is 2.85. The van der Waals surface area contributed by atoms with Gasteiger partial charge in [-0.3, -0.25) is 0 Å². The normalized spacial score (nSPS) is 11.2. The zero-order valence-corrected chi connectivity index (χ0v) is 48.6. The van der Waals surface area contributed by atoms with Gasteiger partial charge in [-0.05, 0) is 109 Å². The molecular formula is C67H114N2Ni. The van der Waals surface area contributed by atoms with Gasteiger partial charge in [0.25, 0.3) is 5.87 Å². The van der Waals surface area contributed by atoms with Crippen LogP contribution in [0.2, 0.25) is 0 Å². The van der Waals surface area contributed by atoms with Crippen molar-refractivity contribution in [2.45, 2.75) is 305 Å². The molecule has 0 radical (unpaired) electrons. The van der Waals surface area contributed by atoms with Gasteiger partial charge in [0.1, 0.15) is 0 Å². The maximum Gasteiger partial charge on any atom is 2.00 e.